The Bertz CT molecular complexity index is 532. The zero-order chi connectivity index (χ0) is 10.8. The predicted octanol–water partition coefficient (Wildman–Crippen LogP) is 3.51. The standard InChI is InChI=1S/C9H7Br2N3S/c10-6-3-7(11)8(13-4-6)5-14-2-1-12-9(14)15/h1-4H,5H2,(H,12,15). The third-order valence-electron chi connectivity index (χ3n) is 1.93. The summed E-state index contributed by atoms with van der Waals surface area (Å²) in [7, 11) is 0. The molecule has 0 aliphatic heterocycles. The fraction of sp³-hybridized carbons (Fsp3) is 0.111. The normalized spacial score (nSPS) is 10.5. The molecule has 2 rings (SSSR count). The Kier molecular flexibility index (Phi) is 3.38. The van der Waals surface area contributed by atoms with Gasteiger partial charge in [-0.3, -0.25) is 4.98 Å². The smallest absolute Gasteiger partial charge is 0.177 e. The second-order valence-electron chi connectivity index (χ2n) is 2.98. The molecule has 3 nitrogen and oxygen atoms in total. The van der Waals surface area contributed by atoms with Crippen LogP contribution in [-0.4, -0.2) is 14.5 Å². The Hall–Kier alpha value is -0.460. The number of aromatic amines is 1. The maximum Gasteiger partial charge on any atom is 0.177 e. The van der Waals surface area contributed by atoms with E-state index in [1.165, 1.54) is 0 Å². The lowest BCUT2D eigenvalue weighted by atomic mass is 10.3. The summed E-state index contributed by atoms with van der Waals surface area (Å²) in [5.74, 6) is 0. The molecule has 0 saturated heterocycles. The first-order valence-corrected chi connectivity index (χ1v) is 6.20. The molecule has 0 saturated carbocycles. The Morgan fingerprint density at radius 3 is 2.87 bits per heavy atom. The molecule has 0 aliphatic rings. The van der Waals surface area contributed by atoms with Crippen molar-refractivity contribution in [2.75, 3.05) is 0 Å². The van der Waals surface area contributed by atoms with Crippen molar-refractivity contribution in [1.29, 1.82) is 0 Å². The molecule has 2 aromatic rings. The number of pyridine rings is 1. The first kappa shape index (κ1) is 11.0. The van der Waals surface area contributed by atoms with E-state index in [2.05, 4.69) is 41.8 Å². The van der Waals surface area contributed by atoms with Crippen LogP contribution in [0.5, 0.6) is 0 Å². The van der Waals surface area contributed by atoms with E-state index in [4.69, 9.17) is 12.2 Å². The van der Waals surface area contributed by atoms with E-state index in [-0.39, 0.29) is 0 Å². The van der Waals surface area contributed by atoms with Gasteiger partial charge in [0.25, 0.3) is 0 Å². The van der Waals surface area contributed by atoms with Crippen LogP contribution in [0, 0.1) is 4.77 Å². The van der Waals surface area contributed by atoms with E-state index < -0.39 is 0 Å². The Labute approximate surface area is 109 Å². The number of H-pyrrole nitrogens is 1. The molecule has 0 fully saturated rings. The Balaban J connectivity index is 2.33. The van der Waals surface area contributed by atoms with E-state index in [1.807, 2.05) is 23.0 Å². The largest absolute Gasteiger partial charge is 0.337 e. The lowest BCUT2D eigenvalue weighted by molar-refractivity contribution is 0.757. The molecular weight excluding hydrogens is 342 g/mol. The summed E-state index contributed by atoms with van der Waals surface area (Å²) in [6.07, 6.45) is 5.49. The third-order valence-corrected chi connectivity index (χ3v) is 3.40. The average Bonchev–Trinajstić information content (AvgIpc) is 2.57. The third kappa shape index (κ3) is 2.56. The van der Waals surface area contributed by atoms with Crippen molar-refractivity contribution < 1.29 is 0 Å². The molecule has 15 heavy (non-hydrogen) atoms. The molecule has 0 aliphatic carbocycles. The monoisotopic (exact) mass is 347 g/mol. The van der Waals surface area contributed by atoms with E-state index >= 15 is 0 Å². The number of halogens is 2. The van der Waals surface area contributed by atoms with E-state index in [0.29, 0.717) is 11.3 Å². The number of aromatic nitrogens is 3. The SMILES string of the molecule is S=c1[nH]ccn1Cc1ncc(Br)cc1Br. The van der Waals surface area contributed by atoms with Gasteiger partial charge < -0.3 is 9.55 Å². The van der Waals surface area contributed by atoms with Gasteiger partial charge in [-0.05, 0) is 50.1 Å². The summed E-state index contributed by atoms with van der Waals surface area (Å²) in [5.41, 5.74) is 0.953. The first-order chi connectivity index (χ1) is 7.16. The number of nitrogens with one attached hydrogen (secondary N) is 1. The molecule has 78 valence electrons. The second kappa shape index (κ2) is 4.59. The van der Waals surface area contributed by atoms with Crippen LogP contribution in [0.3, 0.4) is 0 Å². The molecule has 0 spiro atoms. The highest BCUT2D eigenvalue weighted by Gasteiger charge is 2.03. The van der Waals surface area contributed by atoms with Crippen LogP contribution in [-0.2, 0) is 6.54 Å². The van der Waals surface area contributed by atoms with Gasteiger partial charge >= 0.3 is 0 Å². The molecule has 1 N–H and O–H groups in total. The molecule has 0 radical (unpaired) electrons. The van der Waals surface area contributed by atoms with Gasteiger partial charge in [-0.2, -0.15) is 0 Å². The summed E-state index contributed by atoms with van der Waals surface area (Å²) >= 11 is 11.9. The van der Waals surface area contributed by atoms with Crippen molar-refractivity contribution >= 4 is 44.1 Å². The maximum atomic E-state index is 5.11. The Morgan fingerprint density at radius 1 is 1.47 bits per heavy atom. The van der Waals surface area contributed by atoms with Gasteiger partial charge in [-0.25, -0.2) is 0 Å². The topological polar surface area (TPSA) is 33.6 Å². The van der Waals surface area contributed by atoms with Crippen LogP contribution < -0.4 is 0 Å². The van der Waals surface area contributed by atoms with Crippen LogP contribution >= 0.6 is 44.1 Å². The quantitative estimate of drug-likeness (QED) is 0.842. The summed E-state index contributed by atoms with van der Waals surface area (Å²) in [6.45, 7) is 0.663. The van der Waals surface area contributed by atoms with Crippen LogP contribution in [0.1, 0.15) is 5.69 Å². The van der Waals surface area contributed by atoms with E-state index in [1.54, 1.807) is 6.20 Å². The average molecular weight is 349 g/mol. The van der Waals surface area contributed by atoms with Crippen molar-refractivity contribution in [2.24, 2.45) is 0 Å². The van der Waals surface area contributed by atoms with Crippen LogP contribution in [0.25, 0.3) is 0 Å². The van der Waals surface area contributed by atoms with Crippen molar-refractivity contribution in [1.82, 2.24) is 14.5 Å². The zero-order valence-corrected chi connectivity index (χ0v) is 11.6. The number of nitrogens with zero attached hydrogens (tertiary/aromatic N) is 2. The van der Waals surface area contributed by atoms with Gasteiger partial charge in [-0.1, -0.05) is 0 Å². The van der Waals surface area contributed by atoms with Crippen molar-refractivity contribution in [3.63, 3.8) is 0 Å². The summed E-state index contributed by atoms with van der Waals surface area (Å²) in [4.78, 5) is 7.26. The molecule has 2 aromatic heterocycles. The fourth-order valence-electron chi connectivity index (χ4n) is 1.19. The molecule has 0 atom stereocenters. The second-order valence-corrected chi connectivity index (χ2v) is 5.13. The minimum atomic E-state index is 0.663. The molecule has 0 bridgehead atoms. The highest BCUT2D eigenvalue weighted by Crippen LogP contribution is 2.20. The van der Waals surface area contributed by atoms with Gasteiger partial charge in [0.2, 0.25) is 0 Å². The molecule has 6 heteroatoms. The number of hydrogen-bond acceptors (Lipinski definition) is 2. The van der Waals surface area contributed by atoms with Gasteiger partial charge in [0.05, 0.1) is 12.2 Å². The number of rotatable bonds is 2. The van der Waals surface area contributed by atoms with Crippen LogP contribution in [0.4, 0.5) is 0 Å². The lowest BCUT2D eigenvalue weighted by Gasteiger charge is -2.04. The first-order valence-electron chi connectivity index (χ1n) is 4.20. The minimum absolute atomic E-state index is 0.663. The van der Waals surface area contributed by atoms with E-state index in [9.17, 15) is 0 Å². The molecule has 0 amide bonds. The highest BCUT2D eigenvalue weighted by molar-refractivity contribution is 9.11. The van der Waals surface area contributed by atoms with Crippen LogP contribution in [0.2, 0.25) is 0 Å². The fourth-order valence-corrected chi connectivity index (χ4v) is 2.50. The molecular formula is C9H7Br2N3S. The van der Waals surface area contributed by atoms with Gasteiger partial charge in [0, 0.05) is 27.5 Å². The molecule has 0 aromatic carbocycles. The van der Waals surface area contributed by atoms with Gasteiger partial charge in [0.1, 0.15) is 0 Å². The molecule has 0 unspecified atom stereocenters. The summed E-state index contributed by atoms with van der Waals surface area (Å²) in [5, 5.41) is 0. The number of imidazole rings is 1. The summed E-state index contributed by atoms with van der Waals surface area (Å²) < 4.78 is 4.55. The zero-order valence-electron chi connectivity index (χ0n) is 7.58. The van der Waals surface area contributed by atoms with E-state index in [0.717, 1.165) is 14.6 Å². The maximum absolute atomic E-state index is 5.11. The summed E-state index contributed by atoms with van der Waals surface area (Å²) in [6, 6.07) is 1.97. The van der Waals surface area contributed by atoms with Gasteiger partial charge in [0.15, 0.2) is 4.77 Å². The minimum Gasteiger partial charge on any atom is -0.337 e. The predicted molar refractivity (Wildman–Crippen MR) is 68.4 cm³/mol. The van der Waals surface area contributed by atoms with Crippen molar-refractivity contribution in [3.05, 3.63) is 44.1 Å². The van der Waals surface area contributed by atoms with Gasteiger partial charge in [-0.15, -0.1) is 0 Å². The Morgan fingerprint density at radius 2 is 2.27 bits per heavy atom. The highest BCUT2D eigenvalue weighted by atomic mass is 79.9. The van der Waals surface area contributed by atoms with Crippen molar-refractivity contribution in [3.8, 4) is 0 Å². The van der Waals surface area contributed by atoms with Crippen LogP contribution in [0.15, 0.2) is 33.6 Å². The van der Waals surface area contributed by atoms with Crippen molar-refractivity contribution in [2.45, 2.75) is 6.54 Å². The number of hydrogen-bond donors (Lipinski definition) is 1. The lowest BCUT2D eigenvalue weighted by Crippen LogP contribution is -2.01. The molecule has 2 heterocycles.